The highest BCUT2D eigenvalue weighted by Gasteiger charge is 2.41. The van der Waals surface area contributed by atoms with Crippen molar-refractivity contribution in [2.24, 2.45) is 35.2 Å². The Morgan fingerprint density at radius 3 is 1.46 bits per heavy atom. The molecular weight excluding hydrogens is 1350 g/mol. The zero-order valence-electron chi connectivity index (χ0n) is 63.1. The van der Waals surface area contributed by atoms with Crippen molar-refractivity contribution in [2.45, 2.75) is 122 Å². The van der Waals surface area contributed by atoms with E-state index in [0.717, 1.165) is 97.0 Å². The molecule has 26 heteroatoms. The zero-order valence-corrected chi connectivity index (χ0v) is 63.9. The van der Waals surface area contributed by atoms with E-state index in [-0.39, 0.29) is 24.0 Å². The second kappa shape index (κ2) is 42.8. The van der Waals surface area contributed by atoms with Crippen LogP contribution in [0.1, 0.15) is 101 Å². The topological polar surface area (TPSA) is 207 Å². The largest absolute Gasteiger partial charge is 0.497 e. The lowest BCUT2D eigenvalue weighted by atomic mass is 10.1. The molecule has 0 radical (unpaired) electrons. The second-order valence-corrected chi connectivity index (χ2v) is 24.9. The Kier molecular flexibility index (Phi) is 36.1. The number of hydrogen-bond donors (Lipinski definition) is 2. The number of aryl methyl sites for hydroxylation is 17. The second-order valence-electron chi connectivity index (χ2n) is 23.6. The summed E-state index contributed by atoms with van der Waals surface area (Å²) in [5.41, 5.74) is 15.0. The van der Waals surface area contributed by atoms with E-state index in [0.29, 0.717) is 0 Å². The highest BCUT2D eigenvalue weighted by molar-refractivity contribution is 7.18. The number of imidazole rings is 1. The first kappa shape index (κ1) is 86.9. The molecule has 0 unspecified atom stereocenters. The minimum atomic E-state index is -4.86. The third-order valence-electron chi connectivity index (χ3n) is 15.1. The van der Waals surface area contributed by atoms with Gasteiger partial charge in [0.2, 0.25) is 0 Å². The van der Waals surface area contributed by atoms with Crippen LogP contribution in [0.25, 0.3) is 21.1 Å². The molecule has 19 nitrogen and oxygen atoms in total. The van der Waals surface area contributed by atoms with E-state index >= 15 is 0 Å². The first-order valence-corrected chi connectivity index (χ1v) is 33.2. The number of methoxy groups -OCH3 is 1. The van der Waals surface area contributed by atoms with Crippen LogP contribution < -0.4 is 9.64 Å². The van der Waals surface area contributed by atoms with Crippen LogP contribution in [0.15, 0.2) is 169 Å². The first-order valence-electron chi connectivity index (χ1n) is 32.4. The van der Waals surface area contributed by atoms with Gasteiger partial charge in [-0.2, -0.15) is 46.7 Å². The summed E-state index contributed by atoms with van der Waals surface area (Å²) in [4.78, 5) is 22.6. The van der Waals surface area contributed by atoms with Crippen LogP contribution in [0.3, 0.4) is 0 Å². The molecule has 13 aromatic rings. The number of pyridine rings is 2. The Morgan fingerprint density at radius 2 is 1.10 bits per heavy atom. The van der Waals surface area contributed by atoms with E-state index in [1.807, 2.05) is 245 Å². The van der Waals surface area contributed by atoms with Crippen molar-refractivity contribution in [3.8, 4) is 5.75 Å². The van der Waals surface area contributed by atoms with Crippen LogP contribution in [0.4, 0.5) is 32.0 Å². The molecule has 0 amide bonds. The molecule has 4 aromatic carbocycles. The minimum absolute atomic E-state index is 0.0278. The minimum Gasteiger partial charge on any atom is -0.497 e. The molecule has 9 aromatic heterocycles. The number of alkyl halides is 6. The molecule has 0 bridgehead atoms. The van der Waals surface area contributed by atoms with Crippen molar-refractivity contribution in [1.82, 2.24) is 68.6 Å². The van der Waals surface area contributed by atoms with Crippen LogP contribution in [0.2, 0.25) is 0 Å². The van der Waals surface area contributed by atoms with E-state index in [4.69, 9.17) is 19.4 Å². The van der Waals surface area contributed by atoms with Crippen LogP contribution in [-0.2, 0) is 60.8 Å². The van der Waals surface area contributed by atoms with E-state index in [9.17, 15) is 26.3 Å². The van der Waals surface area contributed by atoms with Crippen molar-refractivity contribution in [1.29, 1.82) is 0 Å². The summed E-state index contributed by atoms with van der Waals surface area (Å²) < 4.78 is 90.6. The van der Waals surface area contributed by atoms with Gasteiger partial charge in [0.05, 0.1) is 76.2 Å². The SMILES string of the molecule is COc1ccc(CO)c(C)c1.Cc1cc(C)n(C)n1.Cc1cc(C)n(C)n1.Cc1ccc(N(C)C)cn1.Cc1ccc2ccccc2n1.Cc1ccccc1CO.Cc1nc2ccccc2s1.Cc1nccn1C.Cc1ncco1.Cc1nn(C)c(C)c1C.Cn1nc(C(F)(F)F)cc1C(F)(F)F. The molecule has 2 N–H and O–H groups in total. The van der Waals surface area contributed by atoms with Crippen molar-refractivity contribution in [2.75, 3.05) is 26.1 Å². The van der Waals surface area contributed by atoms with E-state index in [2.05, 4.69) is 95.6 Å². The first-order chi connectivity index (χ1) is 48.4. The van der Waals surface area contributed by atoms with Gasteiger partial charge >= 0.3 is 12.4 Å². The smallest absolute Gasteiger partial charge is 0.435 e. The molecule has 13 rings (SSSR count). The highest BCUT2D eigenvalue weighted by Crippen LogP contribution is 2.34. The number of oxazole rings is 1. The summed E-state index contributed by atoms with van der Waals surface area (Å²) in [5, 5.41) is 35.1. The van der Waals surface area contributed by atoms with Gasteiger partial charge in [0.15, 0.2) is 11.6 Å². The fourth-order valence-electron chi connectivity index (χ4n) is 8.61. The maximum absolute atomic E-state index is 12.0. The molecule has 0 aliphatic carbocycles. The molecule has 103 heavy (non-hydrogen) atoms. The standard InChI is InChI=1S/C10H9N.C9H12O2.C8H12N2.C8H7NS.C8H10O.C7H12N2.C6H4F6N2.2C6H10N2.C5H8N2.C4H5NO/c1-8-6-7-9-4-2-3-5-10(9)11-8;1-7-5-9(11-2)4-3-8(7)6-10;1-7-4-5-8(6-9-7)10(2)3;1-6-9-7-4-2-3-5-8(7)10-6;1-7-4-2-3-5-8(7)6-9;1-5-6(2)8-9(4)7(5)3;1-14-4(6(10,11)12)2-3(13-14)5(7,8)9;2*1-5-4-6(2)8(3)7-5;1-5-6-3-4-7(5)2;1-4-5-2-3-6-4/h2-7H,1H3;3-5,10H,6H2,1-2H3;4-6H,1-3H3;2-5H,1H3;2-5,9H,6H2,1H3;1-4H3;2H,1H3;2*4H,1-3H3;3-4H,1-2H3;2-3H,1H3. The average Bonchev–Trinajstić information content (AvgIpc) is 1.72. The Labute approximate surface area is 605 Å². The third kappa shape index (κ3) is 31.2. The number of aromatic nitrogens is 14. The van der Waals surface area contributed by atoms with Crippen molar-refractivity contribution < 1.29 is 45.7 Å². The Bertz CT molecular complexity index is 4410. The Hall–Kier alpha value is -10.3. The van der Waals surface area contributed by atoms with E-state index in [1.54, 1.807) is 44.0 Å². The number of fused-ring (bicyclic) bond motifs is 2. The van der Waals surface area contributed by atoms with Crippen LogP contribution >= 0.6 is 11.3 Å². The van der Waals surface area contributed by atoms with Crippen LogP contribution in [0.5, 0.6) is 5.75 Å². The predicted octanol–water partition coefficient (Wildman–Crippen LogP) is 17.2. The molecule has 554 valence electrons. The van der Waals surface area contributed by atoms with Crippen molar-refractivity contribution in [3.63, 3.8) is 0 Å². The number of thiazole rings is 1. The lowest BCUT2D eigenvalue weighted by Gasteiger charge is -2.10. The zero-order chi connectivity index (χ0) is 77.3. The Balaban J connectivity index is 0.000000296. The molecule has 9 heterocycles. The van der Waals surface area contributed by atoms with E-state index < -0.39 is 23.7 Å². The normalized spacial score (nSPS) is 10.3. The molecule has 0 saturated heterocycles. The summed E-state index contributed by atoms with van der Waals surface area (Å²) in [5.74, 6) is 2.61. The number of anilines is 1. The average molecular weight is 1440 g/mol. The number of ether oxygens (including phenoxy) is 1. The lowest BCUT2D eigenvalue weighted by molar-refractivity contribution is -0.144. The van der Waals surface area contributed by atoms with Gasteiger partial charge in [-0.05, 0) is 178 Å². The van der Waals surface area contributed by atoms with Crippen LogP contribution in [0, 0.1) is 96.9 Å². The molecule has 0 fully saturated rings. The number of rotatable bonds is 4. The van der Waals surface area contributed by atoms with E-state index in [1.165, 1.54) is 32.7 Å². The monoisotopic (exact) mass is 1440 g/mol. The van der Waals surface area contributed by atoms with Gasteiger partial charge in [0.1, 0.15) is 23.5 Å². The third-order valence-corrected chi connectivity index (χ3v) is 16.1. The fourth-order valence-corrected chi connectivity index (χ4v) is 9.43. The van der Waals surface area contributed by atoms with Gasteiger partial charge in [0, 0.05) is 109 Å². The van der Waals surface area contributed by atoms with Crippen molar-refractivity contribution in [3.05, 3.63) is 266 Å². The molecule has 0 saturated carbocycles. The fraction of sp³-hybridized carbons (Fsp3) is 0.338. The van der Waals surface area contributed by atoms with Crippen LogP contribution in [-0.4, -0.2) is 100 Å². The van der Waals surface area contributed by atoms with Gasteiger partial charge in [-0.25, -0.2) is 15.0 Å². The summed E-state index contributed by atoms with van der Waals surface area (Å²) in [7, 11) is 14.3. The highest BCUT2D eigenvalue weighted by atomic mass is 32.1. The Morgan fingerprint density at radius 1 is 0.524 bits per heavy atom. The number of aliphatic hydroxyl groups excluding tert-OH is 2. The molecular formula is C77H99F6N15O4S. The summed E-state index contributed by atoms with van der Waals surface area (Å²) in [6, 6.07) is 42.0. The molecule has 0 aliphatic rings. The van der Waals surface area contributed by atoms with Gasteiger partial charge in [0.25, 0.3) is 0 Å². The van der Waals surface area contributed by atoms with Gasteiger partial charge in [-0.3, -0.25) is 28.7 Å². The summed E-state index contributed by atoms with van der Waals surface area (Å²) >= 11 is 1.74. The summed E-state index contributed by atoms with van der Waals surface area (Å²) in [6.07, 6.45) is -0.933. The van der Waals surface area contributed by atoms with Gasteiger partial charge in [-0.1, -0.05) is 66.7 Å². The molecule has 0 aliphatic heterocycles. The van der Waals surface area contributed by atoms with Gasteiger partial charge in [-0.15, -0.1) is 11.3 Å². The molecule has 0 atom stereocenters. The molecule has 0 spiro atoms. The number of aliphatic hydroxyl groups is 2. The lowest BCUT2D eigenvalue weighted by Crippen LogP contribution is -2.11. The quantitative estimate of drug-likeness (QED) is 0.157. The maximum atomic E-state index is 12.0. The van der Waals surface area contributed by atoms with Crippen molar-refractivity contribution >= 4 is 38.1 Å². The predicted molar refractivity (Wildman–Crippen MR) is 400 cm³/mol. The number of para-hydroxylation sites is 2. The number of halogens is 6. The number of hydrogen-bond acceptors (Lipinski definition) is 15. The number of benzene rings is 4. The van der Waals surface area contributed by atoms with Gasteiger partial charge < -0.3 is 28.8 Å². The number of nitrogens with zero attached hydrogens (tertiary/aromatic N) is 15. The summed E-state index contributed by atoms with van der Waals surface area (Å²) in [6.45, 7) is 28.3. The maximum Gasteiger partial charge on any atom is 0.435 e.